The van der Waals surface area contributed by atoms with Crippen LogP contribution in [-0.4, -0.2) is 35.6 Å². The third-order valence-corrected chi connectivity index (χ3v) is 5.55. The molecule has 0 radical (unpaired) electrons. The second-order valence-corrected chi connectivity index (χ2v) is 6.78. The minimum Gasteiger partial charge on any atom is -0.348 e. The van der Waals surface area contributed by atoms with Crippen LogP contribution in [0.2, 0.25) is 0 Å². The molecule has 0 aliphatic carbocycles. The van der Waals surface area contributed by atoms with Gasteiger partial charge in [0.1, 0.15) is 0 Å². The molecule has 1 saturated heterocycles. The molecular formula is C17H20N2O2S. The van der Waals surface area contributed by atoms with Gasteiger partial charge < -0.3 is 10.2 Å². The third kappa shape index (κ3) is 3.04. The summed E-state index contributed by atoms with van der Waals surface area (Å²) in [7, 11) is 0. The van der Waals surface area contributed by atoms with Gasteiger partial charge in [0.2, 0.25) is 11.8 Å². The molecule has 22 heavy (non-hydrogen) atoms. The van der Waals surface area contributed by atoms with Crippen molar-refractivity contribution in [2.75, 3.05) is 18.8 Å². The quantitative estimate of drug-likeness (QED) is 0.871. The lowest BCUT2D eigenvalue weighted by Crippen LogP contribution is -2.43. The van der Waals surface area contributed by atoms with E-state index in [1.165, 1.54) is 16.5 Å². The number of carbonyl (C=O) groups is 2. The Kier molecular flexibility index (Phi) is 4.52. The van der Waals surface area contributed by atoms with E-state index in [1.807, 2.05) is 12.1 Å². The van der Waals surface area contributed by atoms with Crippen LogP contribution in [0.1, 0.15) is 24.4 Å². The van der Waals surface area contributed by atoms with E-state index in [0.29, 0.717) is 13.1 Å². The average Bonchev–Trinajstić information content (AvgIpc) is 2.97. The molecule has 0 bridgehead atoms. The lowest BCUT2D eigenvalue weighted by molar-refractivity contribution is -0.132. The summed E-state index contributed by atoms with van der Waals surface area (Å²) >= 11 is 1.79. The van der Waals surface area contributed by atoms with Crippen LogP contribution in [0.5, 0.6) is 0 Å². The lowest BCUT2D eigenvalue weighted by atomic mass is 9.95. The molecule has 1 fully saturated rings. The molecule has 0 aromatic heterocycles. The molecule has 0 spiro atoms. The van der Waals surface area contributed by atoms with Gasteiger partial charge in [0.15, 0.2) is 0 Å². The van der Waals surface area contributed by atoms with Gasteiger partial charge in [-0.2, -0.15) is 0 Å². The molecule has 2 heterocycles. The molecular weight excluding hydrogens is 296 g/mol. The van der Waals surface area contributed by atoms with E-state index < -0.39 is 0 Å². The van der Waals surface area contributed by atoms with E-state index >= 15 is 0 Å². The first-order chi connectivity index (χ1) is 10.7. The van der Waals surface area contributed by atoms with Gasteiger partial charge in [0.25, 0.3) is 0 Å². The number of nitrogens with one attached hydrogen (secondary N) is 1. The van der Waals surface area contributed by atoms with Crippen LogP contribution in [0.4, 0.5) is 0 Å². The number of fused-ring (bicyclic) bond motifs is 1. The standard InChI is InChI=1S/C17H20N2O2S/c1-2-16(20)19-9-7-12(8-10-19)17(21)18-14-11-22-15-6-4-3-5-13(14)15/h2-6,12,14H,1,7-11H2,(H,18,21). The van der Waals surface area contributed by atoms with E-state index in [2.05, 4.69) is 24.0 Å². The Balaban J connectivity index is 1.56. The normalized spacial score (nSPS) is 21.3. The first-order valence-electron chi connectivity index (χ1n) is 7.62. The number of benzene rings is 1. The summed E-state index contributed by atoms with van der Waals surface area (Å²) in [5.74, 6) is 0.985. The Morgan fingerprint density at radius 2 is 2.00 bits per heavy atom. The Morgan fingerprint density at radius 3 is 2.73 bits per heavy atom. The number of likely N-dealkylation sites (tertiary alicyclic amines) is 1. The largest absolute Gasteiger partial charge is 0.348 e. The summed E-state index contributed by atoms with van der Waals surface area (Å²) in [5.41, 5.74) is 1.22. The van der Waals surface area contributed by atoms with Gasteiger partial charge in [0.05, 0.1) is 6.04 Å². The number of hydrogen-bond donors (Lipinski definition) is 1. The van der Waals surface area contributed by atoms with Crippen molar-refractivity contribution in [3.05, 3.63) is 42.5 Å². The molecule has 2 aliphatic heterocycles. The number of hydrogen-bond acceptors (Lipinski definition) is 3. The van der Waals surface area contributed by atoms with Gasteiger partial charge in [-0.05, 0) is 30.5 Å². The van der Waals surface area contributed by atoms with Gasteiger partial charge in [-0.1, -0.05) is 24.8 Å². The van der Waals surface area contributed by atoms with Gasteiger partial charge in [-0.15, -0.1) is 11.8 Å². The monoisotopic (exact) mass is 316 g/mol. The van der Waals surface area contributed by atoms with Crippen LogP contribution in [-0.2, 0) is 9.59 Å². The zero-order valence-electron chi connectivity index (χ0n) is 12.5. The summed E-state index contributed by atoms with van der Waals surface area (Å²) < 4.78 is 0. The summed E-state index contributed by atoms with van der Waals surface area (Å²) in [5, 5.41) is 3.18. The van der Waals surface area contributed by atoms with Gasteiger partial charge in [-0.25, -0.2) is 0 Å². The van der Waals surface area contributed by atoms with E-state index in [4.69, 9.17) is 0 Å². The number of thioether (sulfide) groups is 1. The Hall–Kier alpha value is -1.75. The van der Waals surface area contributed by atoms with Crippen LogP contribution >= 0.6 is 11.8 Å². The van der Waals surface area contributed by atoms with Gasteiger partial charge in [-0.3, -0.25) is 9.59 Å². The zero-order valence-corrected chi connectivity index (χ0v) is 13.3. The van der Waals surface area contributed by atoms with Crippen molar-refractivity contribution in [1.29, 1.82) is 0 Å². The van der Waals surface area contributed by atoms with Gasteiger partial charge in [0, 0.05) is 29.7 Å². The second-order valence-electron chi connectivity index (χ2n) is 5.71. The van der Waals surface area contributed by atoms with Crippen molar-refractivity contribution < 1.29 is 9.59 Å². The van der Waals surface area contributed by atoms with Crippen molar-refractivity contribution in [2.45, 2.75) is 23.8 Å². The highest BCUT2D eigenvalue weighted by atomic mass is 32.2. The predicted octanol–water partition coefficient (Wildman–Crippen LogP) is 2.37. The molecule has 3 rings (SSSR count). The smallest absolute Gasteiger partial charge is 0.245 e. The van der Waals surface area contributed by atoms with Crippen molar-refractivity contribution in [1.82, 2.24) is 10.2 Å². The Morgan fingerprint density at radius 1 is 1.27 bits per heavy atom. The summed E-state index contributed by atoms with van der Waals surface area (Å²) in [6.07, 6.45) is 2.80. The molecule has 1 aromatic carbocycles. The van der Waals surface area contributed by atoms with Crippen LogP contribution in [0, 0.1) is 5.92 Å². The first kappa shape index (κ1) is 15.2. The first-order valence-corrected chi connectivity index (χ1v) is 8.61. The fourth-order valence-electron chi connectivity index (χ4n) is 3.06. The average molecular weight is 316 g/mol. The summed E-state index contributed by atoms with van der Waals surface area (Å²) in [4.78, 5) is 27.1. The highest BCUT2D eigenvalue weighted by Crippen LogP contribution is 2.38. The summed E-state index contributed by atoms with van der Waals surface area (Å²) in [6, 6.07) is 8.35. The van der Waals surface area contributed by atoms with Crippen molar-refractivity contribution >= 4 is 23.6 Å². The SMILES string of the molecule is C=CC(=O)N1CCC(C(=O)NC2CSc3ccccc32)CC1. The maximum atomic E-state index is 12.5. The molecule has 1 atom stereocenters. The van der Waals surface area contributed by atoms with E-state index in [-0.39, 0.29) is 23.8 Å². The number of rotatable bonds is 3. The number of nitrogens with zero attached hydrogens (tertiary/aromatic N) is 1. The lowest BCUT2D eigenvalue weighted by Gasteiger charge is -2.31. The molecule has 1 N–H and O–H groups in total. The van der Waals surface area contributed by atoms with Crippen molar-refractivity contribution in [3.63, 3.8) is 0 Å². The van der Waals surface area contributed by atoms with Gasteiger partial charge >= 0.3 is 0 Å². The molecule has 116 valence electrons. The molecule has 2 amide bonds. The minimum absolute atomic E-state index is 0.00614. The summed E-state index contributed by atoms with van der Waals surface area (Å²) in [6.45, 7) is 4.78. The molecule has 2 aliphatic rings. The molecule has 1 aromatic rings. The van der Waals surface area contributed by atoms with Crippen LogP contribution in [0.15, 0.2) is 41.8 Å². The third-order valence-electron chi connectivity index (χ3n) is 4.37. The molecule has 4 nitrogen and oxygen atoms in total. The maximum Gasteiger partial charge on any atom is 0.245 e. The zero-order chi connectivity index (χ0) is 15.5. The van der Waals surface area contributed by atoms with E-state index in [9.17, 15) is 9.59 Å². The molecule has 5 heteroatoms. The van der Waals surface area contributed by atoms with Crippen LogP contribution in [0.3, 0.4) is 0 Å². The van der Waals surface area contributed by atoms with Crippen molar-refractivity contribution in [3.8, 4) is 0 Å². The van der Waals surface area contributed by atoms with E-state index in [1.54, 1.807) is 16.7 Å². The van der Waals surface area contributed by atoms with Crippen LogP contribution < -0.4 is 5.32 Å². The maximum absolute atomic E-state index is 12.5. The van der Waals surface area contributed by atoms with Crippen LogP contribution in [0.25, 0.3) is 0 Å². The highest BCUT2D eigenvalue weighted by molar-refractivity contribution is 7.99. The Labute approximate surface area is 135 Å². The molecule has 1 unspecified atom stereocenters. The van der Waals surface area contributed by atoms with E-state index in [0.717, 1.165) is 18.6 Å². The fraction of sp³-hybridized carbons (Fsp3) is 0.412. The number of piperidine rings is 1. The predicted molar refractivity (Wildman–Crippen MR) is 87.6 cm³/mol. The molecule has 0 saturated carbocycles. The topological polar surface area (TPSA) is 49.4 Å². The fourth-order valence-corrected chi connectivity index (χ4v) is 4.22. The second kappa shape index (κ2) is 6.57. The minimum atomic E-state index is -0.0417. The number of amides is 2. The Bertz CT molecular complexity index is 594. The van der Waals surface area contributed by atoms with Crippen molar-refractivity contribution in [2.24, 2.45) is 5.92 Å². The number of carbonyl (C=O) groups excluding carboxylic acids is 2. The highest BCUT2D eigenvalue weighted by Gasteiger charge is 2.30.